The largest absolute Gasteiger partial charge is 0.266 e. The second kappa shape index (κ2) is 7.83. The van der Waals surface area contributed by atoms with Crippen LogP contribution in [0.25, 0.3) is 0 Å². The monoisotopic (exact) mass is 317 g/mol. The maximum absolute atomic E-state index is 7.86. The Kier molecular flexibility index (Phi) is 3.98. The number of azo groups is 1. The van der Waals surface area contributed by atoms with E-state index in [0.717, 1.165) is 5.01 Å². The van der Waals surface area contributed by atoms with Gasteiger partial charge in [-0.15, -0.1) is 10.2 Å². The van der Waals surface area contributed by atoms with Crippen molar-refractivity contribution in [1.82, 2.24) is 0 Å². The minimum atomic E-state index is -2.47. The Hall–Kier alpha value is -3.27. The van der Waals surface area contributed by atoms with Crippen molar-refractivity contribution in [3.8, 4) is 0 Å². The number of hydrogen-bond acceptors (Lipinski definition) is 3. The maximum atomic E-state index is 7.86. The minimum Gasteiger partial charge on any atom is -0.266 e. The van der Waals surface area contributed by atoms with E-state index in [1.54, 1.807) is 24.3 Å². The van der Waals surface area contributed by atoms with Gasteiger partial charge >= 0.3 is 0 Å². The molecule has 0 aliphatic carbocycles. The van der Waals surface area contributed by atoms with E-state index in [2.05, 4.69) is 15.3 Å². The molecular formula is C20H18N4. The number of rotatable bonds is 4. The number of nitrogens with zero attached hydrogens (tertiary/aromatic N) is 4. The molecule has 0 bridgehead atoms. The highest BCUT2D eigenvalue weighted by Gasteiger charge is 2.05. The zero-order valence-electron chi connectivity index (χ0n) is 15.9. The van der Waals surface area contributed by atoms with Gasteiger partial charge in [-0.2, -0.15) is 5.10 Å². The molecule has 0 saturated heterocycles. The van der Waals surface area contributed by atoms with Gasteiger partial charge in [-0.05, 0) is 24.3 Å². The molecule has 4 heteroatoms. The number of anilines is 1. The molecular weight excluding hydrogens is 296 g/mol. The van der Waals surface area contributed by atoms with Gasteiger partial charge in [0.2, 0.25) is 5.84 Å². The van der Waals surface area contributed by atoms with E-state index in [9.17, 15) is 0 Å². The Morgan fingerprint density at radius 3 is 2.00 bits per heavy atom. The Bertz CT molecular complexity index is 908. The van der Waals surface area contributed by atoms with E-state index in [1.165, 1.54) is 0 Å². The molecule has 3 aromatic carbocycles. The van der Waals surface area contributed by atoms with Crippen molar-refractivity contribution in [1.29, 1.82) is 0 Å². The molecule has 4 nitrogen and oxygen atoms in total. The lowest BCUT2D eigenvalue weighted by atomic mass is 10.2. The molecule has 24 heavy (non-hydrogen) atoms. The van der Waals surface area contributed by atoms with Crippen LogP contribution in [0.5, 0.6) is 0 Å². The molecule has 0 aliphatic heterocycles. The van der Waals surface area contributed by atoms with Gasteiger partial charge in [0, 0.05) is 16.7 Å². The number of para-hydroxylation sites is 1. The van der Waals surface area contributed by atoms with Crippen molar-refractivity contribution in [3.63, 3.8) is 0 Å². The van der Waals surface area contributed by atoms with Crippen molar-refractivity contribution < 1.29 is 4.11 Å². The van der Waals surface area contributed by atoms with Gasteiger partial charge in [0.25, 0.3) is 0 Å². The van der Waals surface area contributed by atoms with Gasteiger partial charge in [0.1, 0.15) is 0 Å². The predicted octanol–water partition coefficient (Wildman–Crippen LogP) is 5.27. The molecule has 3 aromatic rings. The lowest BCUT2D eigenvalue weighted by molar-refractivity contribution is 1.01. The number of benzene rings is 3. The van der Waals surface area contributed by atoms with E-state index in [4.69, 9.17) is 4.11 Å². The van der Waals surface area contributed by atoms with Gasteiger partial charge in [0.05, 0.1) is 11.4 Å². The highest BCUT2D eigenvalue weighted by molar-refractivity contribution is 5.99. The predicted molar refractivity (Wildman–Crippen MR) is 98.8 cm³/mol. The summed E-state index contributed by atoms with van der Waals surface area (Å²) in [6, 6.07) is 27.1. The van der Waals surface area contributed by atoms with Gasteiger partial charge in [-0.25, -0.2) is 0 Å². The molecule has 0 atom stereocenters. The zero-order valence-corrected chi connectivity index (χ0v) is 12.9. The van der Waals surface area contributed by atoms with Gasteiger partial charge in [0.15, 0.2) is 0 Å². The summed E-state index contributed by atoms with van der Waals surface area (Å²) in [5, 5.41) is 13.7. The fraction of sp³-hybridized carbons (Fsp3) is 0.0500. The fourth-order valence-electron chi connectivity index (χ4n) is 2.04. The van der Waals surface area contributed by atoms with Crippen LogP contribution in [-0.4, -0.2) is 12.8 Å². The molecule has 0 aromatic heterocycles. The number of hydrogen-bond donors (Lipinski definition) is 0. The van der Waals surface area contributed by atoms with E-state index in [-0.39, 0.29) is 5.84 Å². The highest BCUT2D eigenvalue weighted by atomic mass is 15.5. The Labute approximate surface area is 146 Å². The molecule has 0 unspecified atom stereocenters. The molecule has 0 aliphatic rings. The molecule has 3 rings (SSSR count). The van der Waals surface area contributed by atoms with Crippen molar-refractivity contribution >= 4 is 17.2 Å². The lowest BCUT2D eigenvalue weighted by Gasteiger charge is -2.13. The summed E-state index contributed by atoms with van der Waals surface area (Å²) in [6.07, 6.45) is 0. The Morgan fingerprint density at radius 2 is 1.38 bits per heavy atom. The van der Waals surface area contributed by atoms with Gasteiger partial charge in [-0.3, -0.25) is 5.01 Å². The Morgan fingerprint density at radius 1 is 0.792 bits per heavy atom. The van der Waals surface area contributed by atoms with Gasteiger partial charge in [-0.1, -0.05) is 66.7 Å². The molecule has 0 fully saturated rings. The van der Waals surface area contributed by atoms with E-state index in [0.29, 0.717) is 16.9 Å². The van der Waals surface area contributed by atoms with E-state index in [1.807, 2.05) is 66.7 Å². The fourth-order valence-corrected chi connectivity index (χ4v) is 2.04. The smallest absolute Gasteiger partial charge is 0.201 e. The van der Waals surface area contributed by atoms with Crippen molar-refractivity contribution in [2.24, 2.45) is 15.3 Å². The van der Waals surface area contributed by atoms with Gasteiger partial charge < -0.3 is 0 Å². The van der Waals surface area contributed by atoms with Crippen molar-refractivity contribution in [2.45, 2.75) is 0 Å². The standard InChI is InChI=1S/C20H18N4/c1-24(19-15-9-4-10-16-19)23-20(17-11-5-2-6-12-17)22-21-18-13-7-3-8-14-18/h2-16H,1H3/b22-21?,23-20-/i1D3. The molecule has 0 spiro atoms. The Balaban J connectivity index is 2.06. The third-order valence-electron chi connectivity index (χ3n) is 3.24. The van der Waals surface area contributed by atoms with E-state index < -0.39 is 6.98 Å². The summed E-state index contributed by atoms with van der Waals surface area (Å²) < 4.78 is 23.6. The highest BCUT2D eigenvalue weighted by Crippen LogP contribution is 2.15. The number of amidine groups is 1. The van der Waals surface area contributed by atoms with Crippen LogP contribution in [-0.2, 0) is 0 Å². The third kappa shape index (κ3) is 4.14. The summed E-state index contributed by atoms with van der Waals surface area (Å²) in [7, 11) is 0. The molecule has 0 amide bonds. The molecule has 0 saturated carbocycles. The van der Waals surface area contributed by atoms with Crippen LogP contribution >= 0.6 is 0 Å². The average molecular weight is 317 g/mol. The third-order valence-corrected chi connectivity index (χ3v) is 3.24. The summed E-state index contributed by atoms with van der Waals surface area (Å²) in [5.41, 5.74) is 1.77. The molecule has 0 radical (unpaired) electrons. The summed E-state index contributed by atoms with van der Waals surface area (Å²) >= 11 is 0. The zero-order chi connectivity index (χ0) is 19.1. The van der Waals surface area contributed by atoms with E-state index >= 15 is 0 Å². The molecule has 118 valence electrons. The van der Waals surface area contributed by atoms with Crippen LogP contribution < -0.4 is 5.01 Å². The van der Waals surface area contributed by atoms with Crippen LogP contribution in [0.1, 0.15) is 9.68 Å². The van der Waals surface area contributed by atoms with Crippen molar-refractivity contribution in [3.05, 3.63) is 96.6 Å². The summed E-state index contributed by atoms with van der Waals surface area (Å²) in [4.78, 5) is 0. The second-order valence-electron chi connectivity index (χ2n) is 4.97. The normalized spacial score (nSPS) is 14.0. The summed E-state index contributed by atoms with van der Waals surface area (Å²) in [5.74, 6) is 0.208. The first-order chi connectivity index (χ1) is 13.0. The van der Waals surface area contributed by atoms with Crippen LogP contribution in [0.4, 0.5) is 11.4 Å². The van der Waals surface area contributed by atoms with Crippen molar-refractivity contribution in [2.75, 3.05) is 12.0 Å². The number of hydrazone groups is 1. The minimum absolute atomic E-state index is 0.208. The average Bonchev–Trinajstić information content (AvgIpc) is 2.69. The quantitative estimate of drug-likeness (QED) is 0.280. The molecule has 0 heterocycles. The van der Waals surface area contributed by atoms with Crippen LogP contribution in [0.2, 0.25) is 0 Å². The maximum Gasteiger partial charge on any atom is 0.201 e. The molecule has 0 N–H and O–H groups in total. The first kappa shape index (κ1) is 12.2. The lowest BCUT2D eigenvalue weighted by Crippen LogP contribution is -2.12. The SMILES string of the molecule is [2H]C([2H])([2H])N(/N=C(\N=Nc1ccccc1)c1ccccc1)c1ccccc1. The van der Waals surface area contributed by atoms with Crippen LogP contribution in [0.15, 0.2) is 106 Å². The van der Waals surface area contributed by atoms with Crippen LogP contribution in [0.3, 0.4) is 0 Å². The van der Waals surface area contributed by atoms with Crippen LogP contribution in [0, 0.1) is 0 Å². The second-order valence-corrected chi connectivity index (χ2v) is 4.97. The topological polar surface area (TPSA) is 40.3 Å². The first-order valence-electron chi connectivity index (χ1n) is 9.00. The first-order valence-corrected chi connectivity index (χ1v) is 7.50. The summed E-state index contributed by atoms with van der Waals surface area (Å²) in [6.45, 7) is -2.47.